The molecular formula is C25H18N4O4S2. The van der Waals surface area contributed by atoms with Gasteiger partial charge in [0.2, 0.25) is 0 Å². The molecule has 0 saturated heterocycles. The fourth-order valence-electron chi connectivity index (χ4n) is 3.17. The van der Waals surface area contributed by atoms with Crippen LogP contribution in [0.25, 0.3) is 16.3 Å². The van der Waals surface area contributed by atoms with E-state index in [4.69, 9.17) is 4.74 Å². The first-order valence-corrected chi connectivity index (χ1v) is 12.1. The molecule has 0 atom stereocenters. The second-order valence-electron chi connectivity index (χ2n) is 7.12. The third kappa shape index (κ3) is 5.84. The molecule has 0 aliphatic carbocycles. The van der Waals surface area contributed by atoms with Crippen LogP contribution in [-0.4, -0.2) is 22.4 Å². The summed E-state index contributed by atoms with van der Waals surface area (Å²) in [6, 6.07) is 20.7. The number of nitro benzene ring substituents is 1. The number of para-hydroxylation sites is 1. The van der Waals surface area contributed by atoms with Gasteiger partial charge in [-0.3, -0.25) is 14.9 Å². The number of fused-ring (bicyclic) bond motifs is 1. The molecule has 10 heteroatoms. The molecule has 174 valence electrons. The average Bonchev–Trinajstić information content (AvgIpc) is 3.25. The number of amides is 1. The number of carbonyl (C=O) groups excluding carboxylic acids is 1. The van der Waals surface area contributed by atoms with Crippen LogP contribution in [0.5, 0.6) is 5.75 Å². The van der Waals surface area contributed by atoms with Gasteiger partial charge < -0.3 is 10.1 Å². The molecule has 0 unspecified atom stereocenters. The summed E-state index contributed by atoms with van der Waals surface area (Å²) in [5, 5.41) is 23.9. The highest BCUT2D eigenvalue weighted by molar-refractivity contribution is 8.01. The molecular weight excluding hydrogens is 484 g/mol. The van der Waals surface area contributed by atoms with Gasteiger partial charge in [0, 0.05) is 11.8 Å². The maximum atomic E-state index is 12.5. The molecule has 0 spiro atoms. The Hall–Kier alpha value is -4.20. The maximum absolute atomic E-state index is 12.5. The first-order valence-electron chi connectivity index (χ1n) is 10.4. The Morgan fingerprint density at radius 1 is 1.23 bits per heavy atom. The molecule has 3 aromatic carbocycles. The zero-order valence-electron chi connectivity index (χ0n) is 18.4. The van der Waals surface area contributed by atoms with Crippen LogP contribution in [0, 0.1) is 21.4 Å². The van der Waals surface area contributed by atoms with Crippen molar-refractivity contribution in [1.29, 1.82) is 5.26 Å². The topological polar surface area (TPSA) is 118 Å². The lowest BCUT2D eigenvalue weighted by Crippen LogP contribution is -2.13. The van der Waals surface area contributed by atoms with Gasteiger partial charge in [0.05, 0.1) is 26.6 Å². The predicted molar refractivity (Wildman–Crippen MR) is 137 cm³/mol. The minimum Gasteiger partial charge on any atom is -0.494 e. The van der Waals surface area contributed by atoms with Crippen molar-refractivity contribution in [2.75, 3.05) is 11.9 Å². The van der Waals surface area contributed by atoms with Crippen molar-refractivity contribution in [3.63, 3.8) is 0 Å². The fraction of sp³-hybridized carbons (Fsp3) is 0.0800. The first kappa shape index (κ1) is 23.9. The molecule has 4 aromatic rings. The molecule has 0 saturated carbocycles. The monoisotopic (exact) mass is 502 g/mol. The summed E-state index contributed by atoms with van der Waals surface area (Å²) < 4.78 is 7.09. The van der Waals surface area contributed by atoms with E-state index in [-0.39, 0.29) is 11.3 Å². The number of nitrogens with one attached hydrogen (secondary N) is 1. The summed E-state index contributed by atoms with van der Waals surface area (Å²) in [7, 11) is 0. The maximum Gasteiger partial charge on any atom is 0.283 e. The highest BCUT2D eigenvalue weighted by Gasteiger charge is 2.18. The second-order valence-corrected chi connectivity index (χ2v) is 9.44. The van der Waals surface area contributed by atoms with Crippen LogP contribution in [0.3, 0.4) is 0 Å². The summed E-state index contributed by atoms with van der Waals surface area (Å²) in [6.07, 6.45) is 1.33. The smallest absolute Gasteiger partial charge is 0.283 e. The van der Waals surface area contributed by atoms with Crippen LogP contribution >= 0.6 is 23.1 Å². The quantitative estimate of drug-likeness (QED) is 0.130. The highest BCUT2D eigenvalue weighted by Crippen LogP contribution is 2.40. The van der Waals surface area contributed by atoms with Crippen molar-refractivity contribution in [1.82, 2.24) is 4.98 Å². The molecule has 4 rings (SSSR count). The van der Waals surface area contributed by atoms with E-state index in [2.05, 4.69) is 10.3 Å². The van der Waals surface area contributed by atoms with E-state index >= 15 is 0 Å². The Morgan fingerprint density at radius 2 is 2.03 bits per heavy atom. The SMILES string of the molecule is CCOc1ccc2nc(Sc3ccc(/C=C(\C#N)C(=O)Nc4ccccc4)cc3[N+](=O)[O-])sc2c1. The number of rotatable bonds is 8. The summed E-state index contributed by atoms with van der Waals surface area (Å²) in [5.41, 5.74) is 1.39. The van der Waals surface area contributed by atoms with Crippen molar-refractivity contribution in [3.05, 3.63) is 88.0 Å². The Balaban J connectivity index is 1.59. The molecule has 1 aromatic heterocycles. The van der Waals surface area contributed by atoms with Gasteiger partial charge in [0.15, 0.2) is 4.34 Å². The van der Waals surface area contributed by atoms with Crippen molar-refractivity contribution >= 4 is 56.7 Å². The molecule has 0 aliphatic heterocycles. The molecule has 35 heavy (non-hydrogen) atoms. The number of nitriles is 1. The normalized spacial score (nSPS) is 11.1. The van der Waals surface area contributed by atoms with E-state index in [1.807, 2.05) is 37.3 Å². The molecule has 8 nitrogen and oxygen atoms in total. The second kappa shape index (κ2) is 10.8. The minimum atomic E-state index is -0.597. The Kier molecular flexibility index (Phi) is 7.40. The number of carbonyl (C=O) groups is 1. The standard InChI is InChI=1S/C25H18N4O4S2/c1-2-33-19-9-10-20-23(14-19)35-25(28-20)34-22-11-8-16(13-21(22)29(31)32)12-17(15-26)24(30)27-18-6-4-3-5-7-18/h3-14H,2H2,1H3,(H,27,30)/b17-12+. The van der Waals surface area contributed by atoms with E-state index in [9.17, 15) is 20.2 Å². The van der Waals surface area contributed by atoms with Crippen LogP contribution in [0.15, 0.2) is 81.5 Å². The summed E-state index contributed by atoms with van der Waals surface area (Å²) in [6.45, 7) is 2.46. The van der Waals surface area contributed by atoms with Gasteiger partial charge in [0.25, 0.3) is 11.6 Å². The molecule has 0 bridgehead atoms. The van der Waals surface area contributed by atoms with Gasteiger partial charge in [-0.25, -0.2) is 4.98 Å². The molecule has 1 N–H and O–H groups in total. The largest absolute Gasteiger partial charge is 0.494 e. The zero-order valence-corrected chi connectivity index (χ0v) is 20.1. The van der Waals surface area contributed by atoms with Gasteiger partial charge in [0.1, 0.15) is 17.4 Å². The molecule has 0 fully saturated rings. The van der Waals surface area contributed by atoms with Crippen LogP contribution < -0.4 is 10.1 Å². The third-order valence-electron chi connectivity index (χ3n) is 4.74. The van der Waals surface area contributed by atoms with E-state index < -0.39 is 10.8 Å². The molecule has 1 heterocycles. The first-order chi connectivity index (χ1) is 17.0. The minimum absolute atomic E-state index is 0.140. The fourth-order valence-corrected chi connectivity index (χ4v) is 5.30. The lowest BCUT2D eigenvalue weighted by Gasteiger charge is -2.05. The molecule has 0 radical (unpaired) electrons. The number of nitro groups is 1. The lowest BCUT2D eigenvalue weighted by atomic mass is 10.1. The van der Waals surface area contributed by atoms with Gasteiger partial charge in [-0.15, -0.1) is 11.3 Å². The number of hydrogen-bond donors (Lipinski definition) is 1. The summed E-state index contributed by atoms with van der Waals surface area (Å²) in [4.78, 5) is 28.7. The van der Waals surface area contributed by atoms with Crippen molar-refractivity contribution in [2.45, 2.75) is 16.2 Å². The van der Waals surface area contributed by atoms with E-state index in [0.717, 1.165) is 16.0 Å². The van der Waals surface area contributed by atoms with Gasteiger partial charge in [-0.1, -0.05) is 36.0 Å². The van der Waals surface area contributed by atoms with E-state index in [1.165, 1.54) is 35.2 Å². The number of anilines is 1. The number of benzene rings is 3. The van der Waals surface area contributed by atoms with Crippen molar-refractivity contribution in [2.24, 2.45) is 0 Å². The van der Waals surface area contributed by atoms with Gasteiger partial charge in [-0.05, 0) is 55.0 Å². The Morgan fingerprint density at radius 3 is 2.74 bits per heavy atom. The van der Waals surface area contributed by atoms with Gasteiger partial charge in [-0.2, -0.15) is 5.26 Å². The highest BCUT2D eigenvalue weighted by atomic mass is 32.2. The number of thiazole rings is 1. The Bertz CT molecular complexity index is 1480. The summed E-state index contributed by atoms with van der Waals surface area (Å²) >= 11 is 2.61. The Labute approximate surface area is 209 Å². The van der Waals surface area contributed by atoms with Crippen LogP contribution in [0.2, 0.25) is 0 Å². The van der Waals surface area contributed by atoms with Crippen LogP contribution in [0.1, 0.15) is 12.5 Å². The van der Waals surface area contributed by atoms with E-state index in [0.29, 0.717) is 27.1 Å². The van der Waals surface area contributed by atoms with Crippen molar-refractivity contribution in [3.8, 4) is 11.8 Å². The van der Waals surface area contributed by atoms with Crippen LogP contribution in [0.4, 0.5) is 11.4 Å². The third-order valence-corrected chi connectivity index (χ3v) is 6.88. The van der Waals surface area contributed by atoms with Gasteiger partial charge >= 0.3 is 0 Å². The average molecular weight is 503 g/mol. The van der Waals surface area contributed by atoms with E-state index in [1.54, 1.807) is 36.4 Å². The predicted octanol–water partition coefficient (Wildman–Crippen LogP) is 6.30. The molecule has 1 amide bonds. The number of nitrogens with zero attached hydrogens (tertiary/aromatic N) is 3. The molecule has 0 aliphatic rings. The lowest BCUT2D eigenvalue weighted by molar-refractivity contribution is -0.387. The number of hydrogen-bond acceptors (Lipinski definition) is 8. The van der Waals surface area contributed by atoms with Crippen LogP contribution in [-0.2, 0) is 4.79 Å². The van der Waals surface area contributed by atoms with Crippen molar-refractivity contribution < 1.29 is 14.5 Å². The zero-order chi connectivity index (χ0) is 24.8. The number of ether oxygens (including phenoxy) is 1. The number of aromatic nitrogens is 1. The summed E-state index contributed by atoms with van der Waals surface area (Å²) in [5.74, 6) is 0.146.